The molecule has 2 amide bonds. The predicted octanol–water partition coefficient (Wildman–Crippen LogP) is 4.55. The van der Waals surface area contributed by atoms with E-state index in [9.17, 15) is 9.59 Å². The van der Waals surface area contributed by atoms with Gasteiger partial charge in [0.25, 0.3) is 0 Å². The van der Waals surface area contributed by atoms with Crippen molar-refractivity contribution in [2.45, 2.75) is 18.6 Å². The number of carbonyl (C=O) groups is 2. The third-order valence-corrected chi connectivity index (χ3v) is 5.76. The van der Waals surface area contributed by atoms with Crippen molar-refractivity contribution >= 4 is 34.0 Å². The molecule has 0 aromatic heterocycles. The van der Waals surface area contributed by atoms with E-state index in [2.05, 4.69) is 15.9 Å². The number of carbonyl (C=O) groups excluding carboxylic acids is 2. The Morgan fingerprint density at radius 1 is 1.07 bits per heavy atom. The van der Waals surface area contributed by atoms with Crippen LogP contribution in [0.2, 0.25) is 0 Å². The lowest BCUT2D eigenvalue weighted by Crippen LogP contribution is -2.41. The van der Waals surface area contributed by atoms with Gasteiger partial charge in [0.15, 0.2) is 0 Å². The summed E-state index contributed by atoms with van der Waals surface area (Å²) in [5.74, 6) is -0.691. The first kappa shape index (κ1) is 18.9. The maximum absolute atomic E-state index is 13.3. The zero-order chi connectivity index (χ0) is 19.5. The molecule has 0 saturated carbocycles. The summed E-state index contributed by atoms with van der Waals surface area (Å²) in [7, 11) is 0. The number of benzene rings is 2. The van der Waals surface area contributed by atoms with Gasteiger partial charge < -0.3 is 9.47 Å². The Labute approximate surface area is 172 Å². The Bertz CT molecular complexity index is 884. The fourth-order valence-electron chi connectivity index (χ4n) is 3.67. The molecule has 2 fully saturated rings. The van der Waals surface area contributed by atoms with Gasteiger partial charge >= 0.3 is 6.09 Å². The van der Waals surface area contributed by atoms with E-state index in [-0.39, 0.29) is 12.5 Å². The summed E-state index contributed by atoms with van der Waals surface area (Å²) < 4.78 is 11.8. The van der Waals surface area contributed by atoms with Crippen molar-refractivity contribution in [2.75, 3.05) is 13.2 Å². The van der Waals surface area contributed by atoms with Crippen LogP contribution < -0.4 is 0 Å². The Balaban J connectivity index is 1.57. The number of halogens is 1. The molecule has 6 heteroatoms. The number of nitrogens with zero attached hydrogens (tertiary/aromatic N) is 1. The van der Waals surface area contributed by atoms with Gasteiger partial charge in [-0.2, -0.15) is 0 Å². The Hall–Kier alpha value is -2.44. The van der Waals surface area contributed by atoms with Gasteiger partial charge in [-0.3, -0.25) is 4.79 Å². The Morgan fingerprint density at radius 2 is 1.75 bits per heavy atom. The molecule has 2 aliphatic heterocycles. The van der Waals surface area contributed by atoms with Crippen LogP contribution in [0.4, 0.5) is 4.79 Å². The largest absolute Gasteiger partial charge is 0.446 e. The lowest BCUT2D eigenvalue weighted by atomic mass is 9.97. The van der Waals surface area contributed by atoms with E-state index in [1.165, 1.54) is 4.90 Å². The molecule has 144 valence electrons. The first-order chi connectivity index (χ1) is 13.6. The van der Waals surface area contributed by atoms with Gasteiger partial charge in [0.05, 0.1) is 5.92 Å². The van der Waals surface area contributed by atoms with Gasteiger partial charge in [0, 0.05) is 11.1 Å². The van der Waals surface area contributed by atoms with Crippen LogP contribution in [0.15, 0.2) is 65.1 Å². The van der Waals surface area contributed by atoms with Crippen molar-refractivity contribution in [2.24, 2.45) is 5.92 Å². The SMILES string of the molecule is O=C1OC[C@H](c2ccccc2)N1C(=O)[C@@H]1CCO[C@@H]1/C(Br)=C\c1ccccc1. The van der Waals surface area contributed by atoms with Crippen LogP contribution >= 0.6 is 15.9 Å². The summed E-state index contributed by atoms with van der Waals surface area (Å²) in [5, 5.41) is 0. The number of imide groups is 1. The number of hydrogen-bond acceptors (Lipinski definition) is 4. The van der Waals surface area contributed by atoms with E-state index < -0.39 is 24.2 Å². The van der Waals surface area contributed by atoms with Crippen LogP contribution in [-0.4, -0.2) is 36.2 Å². The Kier molecular flexibility index (Phi) is 5.59. The van der Waals surface area contributed by atoms with Gasteiger partial charge in [-0.05, 0) is 23.6 Å². The molecular formula is C22H20BrNO4. The van der Waals surface area contributed by atoms with Crippen LogP contribution in [-0.2, 0) is 14.3 Å². The molecule has 2 aliphatic rings. The molecule has 4 rings (SSSR count). The molecule has 0 aliphatic carbocycles. The summed E-state index contributed by atoms with van der Waals surface area (Å²) in [5.41, 5.74) is 1.90. The van der Waals surface area contributed by atoms with Crippen LogP contribution in [0.1, 0.15) is 23.6 Å². The summed E-state index contributed by atoms with van der Waals surface area (Å²) in [6.07, 6.45) is 1.50. The lowest BCUT2D eigenvalue weighted by Gasteiger charge is -2.25. The second-order valence-electron chi connectivity index (χ2n) is 6.84. The molecular weight excluding hydrogens is 422 g/mol. The number of rotatable bonds is 4. The number of amides is 2. The zero-order valence-electron chi connectivity index (χ0n) is 15.2. The minimum Gasteiger partial charge on any atom is -0.446 e. The topological polar surface area (TPSA) is 55.8 Å². The minimum atomic E-state index is -0.590. The lowest BCUT2D eigenvalue weighted by molar-refractivity contribution is -0.134. The molecule has 0 spiro atoms. The number of hydrogen-bond donors (Lipinski definition) is 0. The van der Waals surface area contributed by atoms with E-state index in [4.69, 9.17) is 9.47 Å². The first-order valence-electron chi connectivity index (χ1n) is 9.23. The molecule has 0 radical (unpaired) electrons. The highest BCUT2D eigenvalue weighted by Crippen LogP contribution is 2.36. The average molecular weight is 442 g/mol. The number of ether oxygens (including phenoxy) is 2. The molecule has 5 nitrogen and oxygen atoms in total. The van der Waals surface area contributed by atoms with Crippen molar-refractivity contribution in [3.05, 3.63) is 76.3 Å². The highest BCUT2D eigenvalue weighted by Gasteiger charge is 2.46. The summed E-state index contributed by atoms with van der Waals surface area (Å²) in [6.45, 7) is 0.644. The van der Waals surface area contributed by atoms with E-state index in [0.29, 0.717) is 13.0 Å². The number of cyclic esters (lactones) is 1. The van der Waals surface area contributed by atoms with Crippen molar-refractivity contribution in [1.82, 2.24) is 4.90 Å². The maximum atomic E-state index is 13.3. The van der Waals surface area contributed by atoms with E-state index >= 15 is 0 Å². The van der Waals surface area contributed by atoms with E-state index in [1.807, 2.05) is 66.7 Å². The smallest absolute Gasteiger partial charge is 0.417 e. The fourth-order valence-corrected chi connectivity index (χ4v) is 4.38. The van der Waals surface area contributed by atoms with Crippen molar-refractivity contribution in [3.8, 4) is 0 Å². The molecule has 28 heavy (non-hydrogen) atoms. The summed E-state index contributed by atoms with van der Waals surface area (Å²) in [4.78, 5) is 26.9. The minimum absolute atomic E-state index is 0.174. The molecule has 0 unspecified atom stereocenters. The standard InChI is InChI=1S/C22H20BrNO4/c23-18(13-15-7-3-1-4-8-15)20-17(11-12-27-20)21(25)24-19(14-28-22(24)26)16-9-5-2-6-10-16/h1-10,13,17,19-20H,11-12,14H2/b18-13+/t17-,19-,20+/m1/s1. The molecule has 0 bridgehead atoms. The fraction of sp³-hybridized carbons (Fsp3) is 0.273. The second kappa shape index (κ2) is 8.29. The van der Waals surface area contributed by atoms with Gasteiger partial charge in [-0.1, -0.05) is 76.6 Å². The quantitative estimate of drug-likeness (QED) is 0.698. The zero-order valence-corrected chi connectivity index (χ0v) is 16.7. The molecule has 2 heterocycles. The molecule has 0 N–H and O–H groups in total. The van der Waals surface area contributed by atoms with Gasteiger partial charge in [-0.25, -0.2) is 9.69 Å². The highest BCUT2D eigenvalue weighted by molar-refractivity contribution is 9.11. The van der Waals surface area contributed by atoms with Crippen molar-refractivity contribution in [3.63, 3.8) is 0 Å². The van der Waals surface area contributed by atoms with Crippen molar-refractivity contribution in [1.29, 1.82) is 0 Å². The van der Waals surface area contributed by atoms with Crippen LogP contribution in [0, 0.1) is 5.92 Å². The van der Waals surface area contributed by atoms with Gasteiger partial charge in [0.1, 0.15) is 18.8 Å². The summed E-state index contributed by atoms with van der Waals surface area (Å²) >= 11 is 3.58. The third kappa shape index (κ3) is 3.75. The van der Waals surface area contributed by atoms with Crippen LogP contribution in [0.5, 0.6) is 0 Å². The maximum Gasteiger partial charge on any atom is 0.417 e. The predicted molar refractivity (Wildman–Crippen MR) is 109 cm³/mol. The molecule has 2 saturated heterocycles. The molecule has 3 atom stereocenters. The van der Waals surface area contributed by atoms with Gasteiger partial charge in [-0.15, -0.1) is 0 Å². The highest BCUT2D eigenvalue weighted by atomic mass is 79.9. The third-order valence-electron chi connectivity index (χ3n) is 5.08. The van der Waals surface area contributed by atoms with Crippen LogP contribution in [0.3, 0.4) is 0 Å². The van der Waals surface area contributed by atoms with Crippen molar-refractivity contribution < 1.29 is 19.1 Å². The normalized spacial score (nSPS) is 25.0. The molecule has 2 aromatic rings. The monoisotopic (exact) mass is 441 g/mol. The summed E-state index contributed by atoms with van der Waals surface area (Å²) in [6, 6.07) is 18.9. The molecule has 2 aromatic carbocycles. The van der Waals surface area contributed by atoms with E-state index in [0.717, 1.165) is 15.6 Å². The van der Waals surface area contributed by atoms with E-state index in [1.54, 1.807) is 0 Å². The average Bonchev–Trinajstić information content (AvgIpc) is 3.36. The second-order valence-corrected chi connectivity index (χ2v) is 7.75. The van der Waals surface area contributed by atoms with Gasteiger partial charge in [0.2, 0.25) is 5.91 Å². The van der Waals surface area contributed by atoms with Crippen LogP contribution in [0.25, 0.3) is 6.08 Å². The Morgan fingerprint density at radius 3 is 2.46 bits per heavy atom. The first-order valence-corrected chi connectivity index (χ1v) is 10.0.